The van der Waals surface area contributed by atoms with E-state index in [2.05, 4.69) is 0 Å². The predicted octanol–water partition coefficient (Wildman–Crippen LogP) is 0.235. The Bertz CT molecular complexity index is 416. The van der Waals surface area contributed by atoms with Crippen molar-refractivity contribution in [1.29, 1.82) is 0 Å². The highest BCUT2D eigenvalue weighted by Gasteiger charge is 2.31. The van der Waals surface area contributed by atoms with E-state index >= 15 is 0 Å². The summed E-state index contributed by atoms with van der Waals surface area (Å²) in [7, 11) is 0. The Morgan fingerprint density at radius 2 is 1.91 bits per heavy atom. The molecule has 23 heavy (non-hydrogen) atoms. The molecule has 8 heteroatoms. The lowest BCUT2D eigenvalue weighted by atomic mass is 10.2. The molecular formula is C15H27N3O5. The molecule has 2 unspecified atom stereocenters. The monoisotopic (exact) mass is 329 g/mol. The quantitative estimate of drug-likeness (QED) is 0.434. The zero-order chi connectivity index (χ0) is 17.2. The summed E-state index contributed by atoms with van der Waals surface area (Å²) in [6.45, 7) is 2.73. The second-order valence-corrected chi connectivity index (χ2v) is 5.53. The van der Waals surface area contributed by atoms with Crippen LogP contribution >= 0.6 is 0 Å². The van der Waals surface area contributed by atoms with E-state index in [0.717, 1.165) is 6.42 Å². The molecule has 1 amide bonds. The van der Waals surface area contributed by atoms with Crippen LogP contribution < -0.4 is 11.5 Å². The lowest BCUT2D eigenvalue weighted by molar-refractivity contribution is -0.166. The van der Waals surface area contributed by atoms with Crippen molar-refractivity contribution in [3.05, 3.63) is 0 Å². The van der Waals surface area contributed by atoms with Crippen LogP contribution in [0.5, 0.6) is 0 Å². The Morgan fingerprint density at radius 1 is 1.22 bits per heavy atom. The van der Waals surface area contributed by atoms with Crippen LogP contribution in [0.1, 0.15) is 51.9 Å². The predicted molar refractivity (Wildman–Crippen MR) is 82.7 cm³/mol. The Morgan fingerprint density at radius 3 is 2.48 bits per heavy atom. The molecule has 0 spiro atoms. The first kappa shape index (κ1) is 19.4. The first-order valence-corrected chi connectivity index (χ1v) is 8.12. The lowest BCUT2D eigenvalue weighted by Gasteiger charge is -2.27. The standard InChI is InChI=1S/C15H27N3O5/c1-2-4-14(20)23-13(18-10-3-5-12(18)19)6-7-15(21)22-11(17)8-9-16/h11,13H,2-10,16-17H2,1H3. The van der Waals surface area contributed by atoms with Crippen LogP contribution in [0.4, 0.5) is 0 Å². The van der Waals surface area contributed by atoms with Gasteiger partial charge >= 0.3 is 11.9 Å². The first-order valence-electron chi connectivity index (χ1n) is 8.12. The number of carbonyl (C=O) groups is 3. The maximum Gasteiger partial charge on any atom is 0.307 e. The minimum absolute atomic E-state index is 0.0200. The second-order valence-electron chi connectivity index (χ2n) is 5.53. The largest absolute Gasteiger partial charge is 0.447 e. The van der Waals surface area contributed by atoms with Gasteiger partial charge in [-0.05, 0) is 19.4 Å². The van der Waals surface area contributed by atoms with Gasteiger partial charge in [0.15, 0.2) is 12.5 Å². The van der Waals surface area contributed by atoms with Gasteiger partial charge in [0.25, 0.3) is 0 Å². The highest BCUT2D eigenvalue weighted by molar-refractivity contribution is 5.79. The van der Waals surface area contributed by atoms with E-state index in [0.29, 0.717) is 32.4 Å². The fourth-order valence-electron chi connectivity index (χ4n) is 2.36. The van der Waals surface area contributed by atoms with E-state index in [1.807, 2.05) is 6.92 Å². The van der Waals surface area contributed by atoms with Crippen LogP contribution in [0.15, 0.2) is 0 Å². The molecule has 1 fully saturated rings. The van der Waals surface area contributed by atoms with Crippen LogP contribution in [0.3, 0.4) is 0 Å². The summed E-state index contributed by atoms with van der Waals surface area (Å²) in [5.41, 5.74) is 10.9. The minimum Gasteiger partial charge on any atom is -0.447 e. The molecule has 0 aromatic heterocycles. The molecule has 1 heterocycles. The molecule has 1 rings (SSSR count). The number of ether oxygens (including phenoxy) is 2. The van der Waals surface area contributed by atoms with Crippen molar-refractivity contribution < 1.29 is 23.9 Å². The topological polar surface area (TPSA) is 125 Å². The van der Waals surface area contributed by atoms with Gasteiger partial charge in [0.2, 0.25) is 5.91 Å². The van der Waals surface area contributed by atoms with Gasteiger partial charge in [-0.1, -0.05) is 6.92 Å². The summed E-state index contributed by atoms with van der Waals surface area (Å²) >= 11 is 0. The van der Waals surface area contributed by atoms with Gasteiger partial charge in [-0.2, -0.15) is 0 Å². The second kappa shape index (κ2) is 10.2. The van der Waals surface area contributed by atoms with Gasteiger partial charge in [0.1, 0.15) is 0 Å². The molecule has 1 aliphatic rings. The molecule has 0 saturated carbocycles. The van der Waals surface area contributed by atoms with Crippen molar-refractivity contribution in [3.8, 4) is 0 Å². The summed E-state index contributed by atoms with van der Waals surface area (Å²) in [6, 6.07) is 0. The van der Waals surface area contributed by atoms with E-state index in [4.69, 9.17) is 20.9 Å². The third kappa shape index (κ3) is 6.96. The molecule has 2 atom stereocenters. The number of esters is 2. The van der Waals surface area contributed by atoms with Crippen molar-refractivity contribution in [3.63, 3.8) is 0 Å². The van der Waals surface area contributed by atoms with Gasteiger partial charge in [0, 0.05) is 32.2 Å². The number of amides is 1. The maximum atomic E-state index is 11.8. The van der Waals surface area contributed by atoms with Crippen molar-refractivity contribution >= 4 is 17.8 Å². The third-order valence-corrected chi connectivity index (χ3v) is 3.51. The highest BCUT2D eigenvalue weighted by Crippen LogP contribution is 2.19. The van der Waals surface area contributed by atoms with E-state index in [1.54, 1.807) is 0 Å². The molecule has 0 radical (unpaired) electrons. The van der Waals surface area contributed by atoms with Gasteiger partial charge in [-0.15, -0.1) is 0 Å². The molecule has 8 nitrogen and oxygen atoms in total. The Kier molecular flexibility index (Phi) is 8.57. The number of rotatable bonds is 10. The summed E-state index contributed by atoms with van der Waals surface area (Å²) in [5, 5.41) is 0. The average molecular weight is 329 g/mol. The maximum absolute atomic E-state index is 11.8. The zero-order valence-electron chi connectivity index (χ0n) is 13.7. The number of hydrogen-bond acceptors (Lipinski definition) is 7. The SMILES string of the molecule is CCCC(=O)OC(CCC(=O)OC(N)CCN)N1CCCC1=O. The Labute approximate surface area is 136 Å². The van der Waals surface area contributed by atoms with Crippen molar-refractivity contribution in [2.75, 3.05) is 13.1 Å². The Hall–Kier alpha value is -1.67. The number of likely N-dealkylation sites (tertiary alicyclic amines) is 1. The van der Waals surface area contributed by atoms with Crippen LogP contribution in [-0.2, 0) is 23.9 Å². The first-order chi connectivity index (χ1) is 11.0. The molecule has 1 aliphatic heterocycles. The molecule has 0 aromatic rings. The van der Waals surface area contributed by atoms with E-state index in [9.17, 15) is 14.4 Å². The number of hydrogen-bond donors (Lipinski definition) is 2. The fraction of sp³-hybridized carbons (Fsp3) is 0.800. The summed E-state index contributed by atoms with van der Waals surface area (Å²) in [6.07, 6.45) is 1.26. The number of nitrogens with two attached hydrogens (primary N) is 2. The highest BCUT2D eigenvalue weighted by atomic mass is 16.6. The van der Waals surface area contributed by atoms with Crippen LogP contribution in [0.2, 0.25) is 0 Å². The smallest absolute Gasteiger partial charge is 0.307 e. The molecule has 4 N–H and O–H groups in total. The van der Waals surface area contributed by atoms with Crippen molar-refractivity contribution in [2.24, 2.45) is 11.5 Å². The van der Waals surface area contributed by atoms with Crippen LogP contribution in [-0.4, -0.2) is 48.3 Å². The summed E-state index contributed by atoms with van der Waals surface area (Å²) in [4.78, 5) is 36.8. The van der Waals surface area contributed by atoms with Crippen LogP contribution in [0.25, 0.3) is 0 Å². The minimum atomic E-state index is -0.734. The molecule has 1 saturated heterocycles. The molecule has 0 aromatic carbocycles. The van der Waals surface area contributed by atoms with Gasteiger partial charge in [-0.25, -0.2) is 0 Å². The number of carbonyl (C=O) groups excluding carboxylic acids is 3. The summed E-state index contributed by atoms with van der Waals surface area (Å²) in [5.74, 6) is -0.924. The van der Waals surface area contributed by atoms with Crippen molar-refractivity contribution in [1.82, 2.24) is 4.90 Å². The molecule has 132 valence electrons. The fourth-order valence-corrected chi connectivity index (χ4v) is 2.36. The van der Waals surface area contributed by atoms with Crippen molar-refractivity contribution in [2.45, 2.75) is 64.3 Å². The molecular weight excluding hydrogens is 302 g/mol. The third-order valence-electron chi connectivity index (χ3n) is 3.51. The Balaban J connectivity index is 2.53. The summed E-state index contributed by atoms with van der Waals surface area (Å²) < 4.78 is 10.4. The van der Waals surface area contributed by atoms with Gasteiger partial charge in [0.05, 0.1) is 6.42 Å². The van der Waals surface area contributed by atoms with E-state index in [1.165, 1.54) is 4.90 Å². The normalized spacial score (nSPS) is 17.0. The molecule has 0 bridgehead atoms. The lowest BCUT2D eigenvalue weighted by Crippen LogP contribution is -2.40. The molecule has 0 aliphatic carbocycles. The van der Waals surface area contributed by atoms with E-state index in [-0.39, 0.29) is 31.1 Å². The van der Waals surface area contributed by atoms with E-state index < -0.39 is 18.4 Å². The number of nitrogens with zero attached hydrogens (tertiary/aromatic N) is 1. The zero-order valence-corrected chi connectivity index (χ0v) is 13.7. The van der Waals surface area contributed by atoms with Crippen LogP contribution in [0, 0.1) is 0 Å². The van der Waals surface area contributed by atoms with Gasteiger partial charge < -0.3 is 20.1 Å². The average Bonchev–Trinajstić information content (AvgIpc) is 2.90. The van der Waals surface area contributed by atoms with Gasteiger partial charge in [-0.3, -0.25) is 20.1 Å².